The summed E-state index contributed by atoms with van der Waals surface area (Å²) in [5, 5.41) is 0. The average molecular weight is 251 g/mol. The predicted molar refractivity (Wildman–Crippen MR) is 75.6 cm³/mol. The Morgan fingerprint density at radius 3 is 2.17 bits per heavy atom. The van der Waals surface area contributed by atoms with Gasteiger partial charge in [-0.15, -0.1) is 0 Å². The summed E-state index contributed by atoms with van der Waals surface area (Å²) in [5.41, 5.74) is 6.87. The third-order valence-corrected chi connectivity index (χ3v) is 5.52. The van der Waals surface area contributed by atoms with E-state index in [0.717, 1.165) is 6.04 Å². The molecule has 1 aliphatic heterocycles. The molecule has 2 aliphatic carbocycles. The molecule has 3 aliphatic rings. The molecule has 3 nitrogen and oxygen atoms in total. The molecular formula is C15H29N3. The van der Waals surface area contributed by atoms with Crippen LogP contribution in [0.1, 0.15) is 46.0 Å². The third kappa shape index (κ3) is 2.45. The van der Waals surface area contributed by atoms with Crippen LogP contribution in [-0.4, -0.2) is 54.1 Å². The summed E-state index contributed by atoms with van der Waals surface area (Å²) in [7, 11) is 0. The molecule has 1 saturated heterocycles. The van der Waals surface area contributed by atoms with Crippen LogP contribution in [-0.2, 0) is 0 Å². The highest BCUT2D eigenvalue weighted by Gasteiger charge is 2.40. The van der Waals surface area contributed by atoms with Crippen molar-refractivity contribution in [3.63, 3.8) is 0 Å². The molecule has 1 heterocycles. The fourth-order valence-electron chi connectivity index (χ4n) is 3.92. The Balaban J connectivity index is 1.58. The molecule has 3 heteroatoms. The van der Waals surface area contributed by atoms with Crippen LogP contribution >= 0.6 is 0 Å². The molecule has 0 radical (unpaired) electrons. The Hall–Kier alpha value is -0.120. The van der Waals surface area contributed by atoms with Crippen molar-refractivity contribution in [2.75, 3.05) is 26.2 Å². The first-order valence-corrected chi connectivity index (χ1v) is 7.81. The SMILES string of the molecule is CC1(C)CCCC(N2CCN(C3CC3)CC2)C1N. The third-order valence-electron chi connectivity index (χ3n) is 5.52. The molecule has 2 atom stereocenters. The van der Waals surface area contributed by atoms with Gasteiger partial charge in [0.1, 0.15) is 0 Å². The van der Waals surface area contributed by atoms with Gasteiger partial charge in [0.05, 0.1) is 0 Å². The molecule has 0 bridgehead atoms. The van der Waals surface area contributed by atoms with E-state index in [0.29, 0.717) is 17.5 Å². The lowest BCUT2D eigenvalue weighted by Crippen LogP contribution is -2.60. The minimum absolute atomic E-state index is 0.330. The molecule has 104 valence electrons. The first kappa shape index (κ1) is 12.9. The molecular weight excluding hydrogens is 222 g/mol. The normalized spacial score (nSPS) is 38.8. The number of rotatable bonds is 2. The average Bonchev–Trinajstić information content (AvgIpc) is 3.17. The van der Waals surface area contributed by atoms with Crippen LogP contribution in [0, 0.1) is 5.41 Å². The van der Waals surface area contributed by atoms with E-state index in [9.17, 15) is 0 Å². The maximum absolute atomic E-state index is 6.54. The molecule has 0 aromatic rings. The van der Waals surface area contributed by atoms with Crippen molar-refractivity contribution >= 4 is 0 Å². The number of piperazine rings is 1. The molecule has 0 aromatic heterocycles. The molecule has 18 heavy (non-hydrogen) atoms. The van der Waals surface area contributed by atoms with Crippen LogP contribution in [0.4, 0.5) is 0 Å². The predicted octanol–water partition coefficient (Wildman–Crippen LogP) is 1.67. The Morgan fingerprint density at radius 2 is 1.56 bits per heavy atom. The molecule has 0 aromatic carbocycles. The number of hydrogen-bond acceptors (Lipinski definition) is 3. The Morgan fingerprint density at radius 1 is 0.944 bits per heavy atom. The van der Waals surface area contributed by atoms with Crippen LogP contribution in [0.2, 0.25) is 0 Å². The van der Waals surface area contributed by atoms with Gasteiger partial charge in [-0.1, -0.05) is 20.3 Å². The lowest BCUT2D eigenvalue weighted by Gasteiger charge is -2.49. The van der Waals surface area contributed by atoms with Gasteiger partial charge in [-0.25, -0.2) is 0 Å². The zero-order valence-electron chi connectivity index (χ0n) is 12.1. The monoisotopic (exact) mass is 251 g/mol. The van der Waals surface area contributed by atoms with Gasteiger partial charge in [0, 0.05) is 44.3 Å². The highest BCUT2D eigenvalue weighted by Crippen LogP contribution is 2.37. The van der Waals surface area contributed by atoms with Gasteiger partial charge < -0.3 is 5.73 Å². The lowest BCUT2D eigenvalue weighted by atomic mass is 9.70. The van der Waals surface area contributed by atoms with Crippen molar-refractivity contribution in [3.05, 3.63) is 0 Å². The summed E-state index contributed by atoms with van der Waals surface area (Å²) < 4.78 is 0. The largest absolute Gasteiger partial charge is 0.326 e. The van der Waals surface area contributed by atoms with Crippen molar-refractivity contribution in [2.45, 2.75) is 64.1 Å². The summed E-state index contributed by atoms with van der Waals surface area (Å²) in [6.07, 6.45) is 6.85. The second-order valence-electron chi connectivity index (χ2n) is 7.28. The Labute approximate surface area is 112 Å². The van der Waals surface area contributed by atoms with E-state index >= 15 is 0 Å². The van der Waals surface area contributed by atoms with Gasteiger partial charge >= 0.3 is 0 Å². The first-order chi connectivity index (χ1) is 8.58. The van der Waals surface area contributed by atoms with E-state index in [1.807, 2.05) is 0 Å². The molecule has 2 saturated carbocycles. The van der Waals surface area contributed by atoms with Crippen LogP contribution in [0.15, 0.2) is 0 Å². The van der Waals surface area contributed by atoms with Crippen LogP contribution in [0.25, 0.3) is 0 Å². The van der Waals surface area contributed by atoms with Crippen molar-refractivity contribution in [2.24, 2.45) is 11.1 Å². The van der Waals surface area contributed by atoms with E-state index < -0.39 is 0 Å². The summed E-state index contributed by atoms with van der Waals surface area (Å²) in [4.78, 5) is 5.38. The van der Waals surface area contributed by atoms with Gasteiger partial charge in [-0.05, 0) is 31.1 Å². The van der Waals surface area contributed by atoms with E-state index in [1.165, 1.54) is 58.3 Å². The van der Waals surface area contributed by atoms with Gasteiger partial charge in [0.2, 0.25) is 0 Å². The zero-order valence-corrected chi connectivity index (χ0v) is 12.1. The van der Waals surface area contributed by atoms with E-state index in [1.54, 1.807) is 0 Å². The molecule has 2 unspecified atom stereocenters. The van der Waals surface area contributed by atoms with Crippen LogP contribution < -0.4 is 5.73 Å². The molecule has 0 spiro atoms. The fourth-order valence-corrected chi connectivity index (χ4v) is 3.92. The summed E-state index contributed by atoms with van der Waals surface area (Å²) >= 11 is 0. The Kier molecular flexibility index (Phi) is 3.41. The quantitative estimate of drug-likeness (QED) is 0.810. The molecule has 2 N–H and O–H groups in total. The van der Waals surface area contributed by atoms with E-state index in [2.05, 4.69) is 23.6 Å². The minimum Gasteiger partial charge on any atom is -0.326 e. The number of hydrogen-bond donors (Lipinski definition) is 1. The smallest absolute Gasteiger partial charge is 0.0253 e. The molecule has 3 rings (SSSR count). The minimum atomic E-state index is 0.330. The maximum atomic E-state index is 6.54. The number of nitrogens with two attached hydrogens (primary N) is 1. The number of nitrogens with zero attached hydrogens (tertiary/aromatic N) is 2. The van der Waals surface area contributed by atoms with Gasteiger partial charge in [-0.2, -0.15) is 0 Å². The van der Waals surface area contributed by atoms with Crippen molar-refractivity contribution in [1.82, 2.24) is 9.80 Å². The highest BCUT2D eigenvalue weighted by atomic mass is 15.3. The van der Waals surface area contributed by atoms with Gasteiger partial charge in [0.15, 0.2) is 0 Å². The van der Waals surface area contributed by atoms with Crippen molar-refractivity contribution in [1.29, 1.82) is 0 Å². The zero-order chi connectivity index (χ0) is 12.8. The van der Waals surface area contributed by atoms with E-state index in [4.69, 9.17) is 5.73 Å². The van der Waals surface area contributed by atoms with Crippen molar-refractivity contribution in [3.8, 4) is 0 Å². The van der Waals surface area contributed by atoms with Crippen LogP contribution in [0.3, 0.4) is 0 Å². The van der Waals surface area contributed by atoms with Gasteiger partial charge in [-0.3, -0.25) is 9.80 Å². The Bertz CT molecular complexity index is 290. The second-order valence-corrected chi connectivity index (χ2v) is 7.28. The topological polar surface area (TPSA) is 32.5 Å². The van der Waals surface area contributed by atoms with Gasteiger partial charge in [0.25, 0.3) is 0 Å². The second kappa shape index (κ2) is 4.77. The van der Waals surface area contributed by atoms with E-state index in [-0.39, 0.29) is 0 Å². The summed E-state index contributed by atoms with van der Waals surface area (Å²) in [6.45, 7) is 9.73. The summed E-state index contributed by atoms with van der Waals surface area (Å²) in [6, 6.07) is 1.93. The summed E-state index contributed by atoms with van der Waals surface area (Å²) in [5.74, 6) is 0. The maximum Gasteiger partial charge on any atom is 0.0253 e. The molecule has 3 fully saturated rings. The van der Waals surface area contributed by atoms with Crippen LogP contribution in [0.5, 0.6) is 0 Å². The lowest BCUT2D eigenvalue weighted by molar-refractivity contribution is 0.0297. The molecule has 0 amide bonds. The highest BCUT2D eigenvalue weighted by molar-refractivity contribution is 4.98. The first-order valence-electron chi connectivity index (χ1n) is 7.81. The fraction of sp³-hybridized carbons (Fsp3) is 1.00. The standard InChI is InChI=1S/C15H29N3/c1-15(2)7-3-4-13(14(15)16)18-10-8-17(9-11-18)12-5-6-12/h12-14H,3-11,16H2,1-2H3. The van der Waals surface area contributed by atoms with Crippen molar-refractivity contribution < 1.29 is 0 Å².